The number of aliphatic hydroxyl groups is 1. The van der Waals surface area contributed by atoms with Crippen molar-refractivity contribution in [1.82, 2.24) is 9.88 Å². The molecular formula is C19H25N3O2. The van der Waals surface area contributed by atoms with Gasteiger partial charge in [0, 0.05) is 12.7 Å². The molecule has 1 atom stereocenters. The van der Waals surface area contributed by atoms with E-state index in [9.17, 15) is 9.90 Å². The average Bonchev–Trinajstić information content (AvgIpc) is 2.57. The second kappa shape index (κ2) is 8.45. The van der Waals surface area contributed by atoms with E-state index >= 15 is 0 Å². The summed E-state index contributed by atoms with van der Waals surface area (Å²) in [5.41, 5.74) is 2.46. The van der Waals surface area contributed by atoms with E-state index in [-0.39, 0.29) is 24.6 Å². The molecule has 1 aromatic carbocycles. The van der Waals surface area contributed by atoms with Gasteiger partial charge in [0.25, 0.3) is 0 Å². The van der Waals surface area contributed by atoms with Gasteiger partial charge in [-0.1, -0.05) is 44.2 Å². The van der Waals surface area contributed by atoms with Gasteiger partial charge >= 0.3 is 6.03 Å². The molecule has 0 aliphatic rings. The molecule has 5 nitrogen and oxygen atoms in total. The van der Waals surface area contributed by atoms with Gasteiger partial charge in [0.1, 0.15) is 0 Å². The summed E-state index contributed by atoms with van der Waals surface area (Å²) in [7, 11) is 0. The second-order valence-electron chi connectivity index (χ2n) is 6.17. The number of benzene rings is 1. The van der Waals surface area contributed by atoms with Crippen LogP contribution < -0.4 is 5.32 Å². The zero-order chi connectivity index (χ0) is 17.5. The van der Waals surface area contributed by atoms with E-state index in [0.29, 0.717) is 12.2 Å². The van der Waals surface area contributed by atoms with Crippen molar-refractivity contribution in [3.05, 3.63) is 59.9 Å². The molecule has 5 heteroatoms. The lowest BCUT2D eigenvalue weighted by molar-refractivity contribution is 0.110. The average molecular weight is 327 g/mol. The number of hydrogen-bond acceptors (Lipinski definition) is 3. The van der Waals surface area contributed by atoms with E-state index in [4.69, 9.17) is 0 Å². The van der Waals surface area contributed by atoms with Crippen molar-refractivity contribution in [3.63, 3.8) is 0 Å². The normalized spacial score (nSPS) is 12.0. The number of aryl methyl sites for hydroxylation is 1. The van der Waals surface area contributed by atoms with Gasteiger partial charge < -0.3 is 15.3 Å². The third-order valence-electron chi connectivity index (χ3n) is 4.06. The van der Waals surface area contributed by atoms with Crippen LogP contribution in [0.15, 0.2) is 48.7 Å². The number of nitrogens with zero attached hydrogens (tertiary/aromatic N) is 2. The zero-order valence-corrected chi connectivity index (χ0v) is 14.4. The van der Waals surface area contributed by atoms with Crippen LogP contribution in [0.2, 0.25) is 0 Å². The summed E-state index contributed by atoms with van der Waals surface area (Å²) in [6.45, 7) is 6.21. The van der Waals surface area contributed by atoms with Crippen LogP contribution in [0.3, 0.4) is 0 Å². The number of hydrogen-bond donors (Lipinski definition) is 2. The minimum Gasteiger partial charge on any atom is -0.394 e. The molecule has 0 fully saturated rings. The lowest BCUT2D eigenvalue weighted by Gasteiger charge is -2.33. The predicted molar refractivity (Wildman–Crippen MR) is 95.7 cm³/mol. The Hall–Kier alpha value is -2.40. The van der Waals surface area contributed by atoms with Crippen LogP contribution in [0.25, 0.3) is 0 Å². The molecule has 1 aromatic heterocycles. The number of aromatic nitrogens is 1. The number of carbonyl (C=O) groups excluding carboxylic acids is 1. The van der Waals surface area contributed by atoms with E-state index in [1.165, 1.54) is 0 Å². The molecule has 24 heavy (non-hydrogen) atoms. The van der Waals surface area contributed by atoms with E-state index in [0.717, 1.165) is 11.3 Å². The molecule has 0 saturated heterocycles. The van der Waals surface area contributed by atoms with E-state index in [2.05, 4.69) is 10.3 Å². The monoisotopic (exact) mass is 327 g/mol. The molecule has 2 aromatic rings. The van der Waals surface area contributed by atoms with Gasteiger partial charge in [0.05, 0.1) is 24.0 Å². The first-order chi connectivity index (χ1) is 11.5. The highest BCUT2D eigenvalue weighted by Gasteiger charge is 2.26. The first kappa shape index (κ1) is 17.9. The number of rotatable bonds is 6. The van der Waals surface area contributed by atoms with Gasteiger partial charge in [-0.15, -0.1) is 0 Å². The summed E-state index contributed by atoms with van der Waals surface area (Å²) in [6, 6.07) is 12.9. The molecule has 2 N–H and O–H groups in total. The molecule has 0 bridgehead atoms. The number of anilines is 1. The topological polar surface area (TPSA) is 65.5 Å². The maximum Gasteiger partial charge on any atom is 0.322 e. The quantitative estimate of drug-likeness (QED) is 0.854. The highest BCUT2D eigenvalue weighted by Crippen LogP contribution is 2.18. The molecule has 0 spiro atoms. The molecule has 128 valence electrons. The molecule has 0 radical (unpaired) electrons. The second-order valence-corrected chi connectivity index (χ2v) is 6.17. The van der Waals surface area contributed by atoms with Crippen molar-refractivity contribution in [2.24, 2.45) is 5.92 Å². The van der Waals surface area contributed by atoms with Crippen molar-refractivity contribution in [2.45, 2.75) is 33.4 Å². The summed E-state index contributed by atoms with van der Waals surface area (Å²) in [5.74, 6) is 0.138. The van der Waals surface area contributed by atoms with Crippen LogP contribution in [0.1, 0.15) is 25.1 Å². The number of urea groups is 1. The summed E-state index contributed by atoms with van der Waals surface area (Å²) < 4.78 is 0. The number of aliphatic hydroxyl groups excluding tert-OH is 1. The van der Waals surface area contributed by atoms with Gasteiger partial charge in [-0.3, -0.25) is 4.98 Å². The Kier molecular flexibility index (Phi) is 6.32. The van der Waals surface area contributed by atoms with E-state index < -0.39 is 0 Å². The van der Waals surface area contributed by atoms with Gasteiger partial charge in [-0.25, -0.2) is 4.79 Å². The summed E-state index contributed by atoms with van der Waals surface area (Å²) in [4.78, 5) is 18.7. The SMILES string of the molecule is Cc1ncccc1NC(=O)N(Cc1ccccc1)[C@H](CO)C(C)C. The van der Waals surface area contributed by atoms with E-state index in [1.807, 2.05) is 57.2 Å². The Morgan fingerprint density at radius 1 is 1.21 bits per heavy atom. The van der Waals surface area contributed by atoms with Crippen LogP contribution in [-0.2, 0) is 6.54 Å². The number of pyridine rings is 1. The molecule has 0 aliphatic heterocycles. The number of amides is 2. The Morgan fingerprint density at radius 2 is 1.92 bits per heavy atom. The van der Waals surface area contributed by atoms with Crippen LogP contribution in [0.4, 0.5) is 10.5 Å². The van der Waals surface area contributed by atoms with Gasteiger partial charge in [-0.2, -0.15) is 0 Å². The Morgan fingerprint density at radius 3 is 2.50 bits per heavy atom. The fourth-order valence-corrected chi connectivity index (χ4v) is 2.59. The number of nitrogens with one attached hydrogen (secondary N) is 1. The Balaban J connectivity index is 2.24. The molecule has 0 saturated carbocycles. The third kappa shape index (κ3) is 4.55. The molecule has 0 unspecified atom stereocenters. The minimum atomic E-state index is -0.262. The fourth-order valence-electron chi connectivity index (χ4n) is 2.59. The minimum absolute atomic E-state index is 0.0794. The van der Waals surface area contributed by atoms with Crippen molar-refractivity contribution in [2.75, 3.05) is 11.9 Å². The van der Waals surface area contributed by atoms with Crippen molar-refractivity contribution >= 4 is 11.7 Å². The first-order valence-corrected chi connectivity index (χ1v) is 8.17. The molecule has 2 amide bonds. The molecule has 1 heterocycles. The lowest BCUT2D eigenvalue weighted by Crippen LogP contribution is -2.47. The smallest absolute Gasteiger partial charge is 0.322 e. The summed E-state index contributed by atoms with van der Waals surface area (Å²) in [6.07, 6.45) is 1.69. The third-order valence-corrected chi connectivity index (χ3v) is 4.06. The van der Waals surface area contributed by atoms with Crippen LogP contribution >= 0.6 is 0 Å². The number of carbonyl (C=O) groups is 1. The maximum atomic E-state index is 12.8. The molecule has 0 aliphatic carbocycles. The lowest BCUT2D eigenvalue weighted by atomic mass is 10.0. The zero-order valence-electron chi connectivity index (χ0n) is 14.4. The van der Waals surface area contributed by atoms with Gasteiger partial charge in [0.15, 0.2) is 0 Å². The predicted octanol–water partition coefficient (Wildman–Crippen LogP) is 3.44. The van der Waals surface area contributed by atoms with Crippen molar-refractivity contribution in [3.8, 4) is 0 Å². The van der Waals surface area contributed by atoms with Crippen LogP contribution in [0, 0.1) is 12.8 Å². The highest BCUT2D eigenvalue weighted by molar-refractivity contribution is 5.90. The van der Waals surface area contributed by atoms with Gasteiger partial charge in [-0.05, 0) is 30.5 Å². The van der Waals surface area contributed by atoms with Crippen molar-refractivity contribution in [1.29, 1.82) is 0 Å². The first-order valence-electron chi connectivity index (χ1n) is 8.17. The highest BCUT2D eigenvalue weighted by atomic mass is 16.3. The molecular weight excluding hydrogens is 302 g/mol. The van der Waals surface area contributed by atoms with E-state index in [1.54, 1.807) is 17.2 Å². The van der Waals surface area contributed by atoms with Crippen LogP contribution in [-0.4, -0.2) is 33.7 Å². The Labute approximate surface area is 143 Å². The van der Waals surface area contributed by atoms with Crippen LogP contribution in [0.5, 0.6) is 0 Å². The molecule has 2 rings (SSSR count). The Bertz CT molecular complexity index is 659. The summed E-state index contributed by atoms with van der Waals surface area (Å²) in [5, 5.41) is 12.7. The largest absolute Gasteiger partial charge is 0.394 e. The summed E-state index contributed by atoms with van der Waals surface area (Å²) >= 11 is 0. The standard InChI is InChI=1S/C19H25N3O2/c1-14(2)18(13-23)22(12-16-8-5-4-6-9-16)19(24)21-17-10-7-11-20-15(17)3/h4-11,14,18,23H,12-13H2,1-3H3,(H,21,24)/t18-/m1/s1. The van der Waals surface area contributed by atoms with Crippen molar-refractivity contribution < 1.29 is 9.90 Å². The fraction of sp³-hybridized carbons (Fsp3) is 0.368. The van der Waals surface area contributed by atoms with Gasteiger partial charge in [0.2, 0.25) is 0 Å². The maximum absolute atomic E-state index is 12.8.